The van der Waals surface area contributed by atoms with Gasteiger partial charge in [0.2, 0.25) is 0 Å². The first kappa shape index (κ1) is 17.2. The second-order valence-electron chi connectivity index (χ2n) is 5.60. The molecule has 0 atom stereocenters. The smallest absolute Gasteiger partial charge is 0.304 e. The molecule has 1 N–H and O–H groups in total. The van der Waals surface area contributed by atoms with E-state index in [4.69, 9.17) is 14.6 Å². The van der Waals surface area contributed by atoms with Crippen molar-refractivity contribution in [2.45, 2.75) is 38.5 Å². The number of aliphatic carboxylic acids is 1. The Kier molecular flexibility index (Phi) is 4.81. The quantitative estimate of drug-likeness (QED) is 0.873. The van der Waals surface area contributed by atoms with Gasteiger partial charge in [-0.2, -0.15) is 0 Å². The fourth-order valence-electron chi connectivity index (χ4n) is 2.16. The van der Waals surface area contributed by atoms with Crippen molar-refractivity contribution in [3.8, 4) is 11.5 Å². The van der Waals surface area contributed by atoms with E-state index in [-0.39, 0.29) is 23.5 Å². The highest BCUT2D eigenvalue weighted by atomic mass is 19.3. The van der Waals surface area contributed by atoms with Crippen molar-refractivity contribution in [3.05, 3.63) is 23.3 Å². The van der Waals surface area contributed by atoms with Gasteiger partial charge in [0.1, 0.15) is 0 Å². The number of benzene rings is 1. The normalized spacial score (nSPS) is 12.1. The molecule has 0 saturated heterocycles. The molecule has 0 aliphatic rings. The van der Waals surface area contributed by atoms with Crippen LogP contribution in [-0.4, -0.2) is 25.3 Å². The SMILES string of the molecule is COc1cc(C(C)(C)CC(=O)O)cc(C(C)(F)F)c1OC. The molecule has 0 aliphatic heterocycles. The molecule has 0 heterocycles. The Morgan fingerprint density at radius 3 is 2.14 bits per heavy atom. The van der Waals surface area contributed by atoms with Crippen molar-refractivity contribution < 1.29 is 28.2 Å². The number of carboxylic acids is 1. The van der Waals surface area contributed by atoms with Crippen LogP contribution in [0.25, 0.3) is 0 Å². The molecular formula is C15H20F2O4. The lowest BCUT2D eigenvalue weighted by atomic mass is 9.80. The Morgan fingerprint density at radius 2 is 1.76 bits per heavy atom. The summed E-state index contributed by atoms with van der Waals surface area (Å²) >= 11 is 0. The zero-order chi connectivity index (χ0) is 16.4. The minimum atomic E-state index is -3.13. The molecule has 0 aromatic heterocycles. The van der Waals surface area contributed by atoms with Gasteiger partial charge in [-0.1, -0.05) is 13.8 Å². The fourth-order valence-corrected chi connectivity index (χ4v) is 2.16. The monoisotopic (exact) mass is 302 g/mol. The van der Waals surface area contributed by atoms with E-state index in [2.05, 4.69) is 0 Å². The number of halogens is 2. The second kappa shape index (κ2) is 5.87. The minimum absolute atomic E-state index is 0.0418. The Labute approximate surface area is 122 Å². The number of rotatable bonds is 6. The number of hydrogen-bond donors (Lipinski definition) is 1. The number of alkyl halides is 2. The predicted molar refractivity (Wildman–Crippen MR) is 74.4 cm³/mol. The maximum Gasteiger partial charge on any atom is 0.304 e. The van der Waals surface area contributed by atoms with Crippen LogP contribution in [0.2, 0.25) is 0 Å². The molecule has 118 valence electrons. The van der Waals surface area contributed by atoms with Crippen LogP contribution >= 0.6 is 0 Å². The summed E-state index contributed by atoms with van der Waals surface area (Å²) in [6.45, 7) is 4.12. The summed E-state index contributed by atoms with van der Waals surface area (Å²) in [4.78, 5) is 10.9. The van der Waals surface area contributed by atoms with Gasteiger partial charge in [-0.25, -0.2) is 8.78 Å². The summed E-state index contributed by atoms with van der Waals surface area (Å²) in [5.74, 6) is -4.02. The molecule has 1 rings (SSSR count). The molecule has 4 nitrogen and oxygen atoms in total. The van der Waals surface area contributed by atoms with Gasteiger partial charge in [-0.15, -0.1) is 0 Å². The average Bonchev–Trinajstić information content (AvgIpc) is 2.34. The first-order chi connectivity index (χ1) is 9.52. The Balaban J connectivity index is 3.53. The molecule has 0 fully saturated rings. The summed E-state index contributed by atoms with van der Waals surface area (Å²) in [6.07, 6.45) is -0.183. The van der Waals surface area contributed by atoms with Gasteiger partial charge in [0.15, 0.2) is 11.5 Å². The highest BCUT2D eigenvalue weighted by Crippen LogP contribution is 2.44. The van der Waals surface area contributed by atoms with E-state index in [0.29, 0.717) is 5.56 Å². The van der Waals surface area contributed by atoms with Gasteiger partial charge in [0, 0.05) is 12.3 Å². The van der Waals surface area contributed by atoms with E-state index in [1.807, 2.05) is 0 Å². The van der Waals surface area contributed by atoms with Gasteiger partial charge in [-0.3, -0.25) is 4.79 Å². The van der Waals surface area contributed by atoms with Crippen molar-refractivity contribution >= 4 is 5.97 Å². The molecule has 0 unspecified atom stereocenters. The van der Waals surface area contributed by atoms with Gasteiger partial charge in [0.25, 0.3) is 5.92 Å². The largest absolute Gasteiger partial charge is 0.493 e. The van der Waals surface area contributed by atoms with Crippen LogP contribution < -0.4 is 9.47 Å². The number of hydrogen-bond acceptors (Lipinski definition) is 3. The van der Waals surface area contributed by atoms with Crippen molar-refractivity contribution in [2.75, 3.05) is 14.2 Å². The van der Waals surface area contributed by atoms with Gasteiger partial charge < -0.3 is 14.6 Å². The Morgan fingerprint density at radius 1 is 1.19 bits per heavy atom. The fraction of sp³-hybridized carbons (Fsp3) is 0.533. The van der Waals surface area contributed by atoms with Crippen LogP contribution in [-0.2, 0) is 16.1 Å². The average molecular weight is 302 g/mol. The maximum atomic E-state index is 13.8. The van der Waals surface area contributed by atoms with Crippen molar-refractivity contribution in [3.63, 3.8) is 0 Å². The van der Waals surface area contributed by atoms with E-state index < -0.39 is 17.3 Å². The molecule has 0 saturated carbocycles. The summed E-state index contributed by atoms with van der Waals surface area (Å²) in [6, 6.07) is 2.82. The van der Waals surface area contributed by atoms with E-state index in [9.17, 15) is 13.6 Å². The number of carbonyl (C=O) groups is 1. The Hall–Kier alpha value is -1.85. The zero-order valence-electron chi connectivity index (χ0n) is 12.8. The maximum absolute atomic E-state index is 13.8. The van der Waals surface area contributed by atoms with Crippen LogP contribution in [0.1, 0.15) is 38.3 Å². The molecule has 6 heteroatoms. The van der Waals surface area contributed by atoms with Crippen LogP contribution in [0.4, 0.5) is 8.78 Å². The van der Waals surface area contributed by atoms with Crippen LogP contribution in [0.15, 0.2) is 12.1 Å². The summed E-state index contributed by atoms with van der Waals surface area (Å²) in [5.41, 5.74) is -0.678. The lowest BCUT2D eigenvalue weighted by molar-refractivity contribution is -0.138. The van der Waals surface area contributed by atoms with E-state index in [0.717, 1.165) is 6.92 Å². The first-order valence-electron chi connectivity index (χ1n) is 6.39. The molecule has 1 aromatic rings. The zero-order valence-corrected chi connectivity index (χ0v) is 12.8. The molecule has 1 aromatic carbocycles. The van der Waals surface area contributed by atoms with Gasteiger partial charge >= 0.3 is 5.97 Å². The van der Waals surface area contributed by atoms with Crippen LogP contribution in [0, 0.1) is 0 Å². The van der Waals surface area contributed by atoms with Crippen LogP contribution in [0.5, 0.6) is 11.5 Å². The molecule has 21 heavy (non-hydrogen) atoms. The second-order valence-corrected chi connectivity index (χ2v) is 5.60. The third kappa shape index (κ3) is 3.83. The lowest BCUT2D eigenvalue weighted by Gasteiger charge is -2.27. The van der Waals surface area contributed by atoms with Crippen molar-refractivity contribution in [1.29, 1.82) is 0 Å². The number of ether oxygens (including phenoxy) is 2. The van der Waals surface area contributed by atoms with Crippen LogP contribution in [0.3, 0.4) is 0 Å². The molecule has 0 amide bonds. The molecule has 0 spiro atoms. The molecule has 0 aliphatic carbocycles. The predicted octanol–water partition coefficient (Wildman–Crippen LogP) is 3.57. The highest BCUT2D eigenvalue weighted by molar-refractivity contribution is 5.69. The van der Waals surface area contributed by atoms with E-state index in [1.165, 1.54) is 26.4 Å². The van der Waals surface area contributed by atoms with Crippen molar-refractivity contribution in [2.24, 2.45) is 0 Å². The molecular weight excluding hydrogens is 282 g/mol. The van der Waals surface area contributed by atoms with Gasteiger partial charge in [0.05, 0.1) is 26.2 Å². The summed E-state index contributed by atoms with van der Waals surface area (Å²) < 4.78 is 37.7. The summed E-state index contributed by atoms with van der Waals surface area (Å²) in [5, 5.41) is 8.96. The first-order valence-corrected chi connectivity index (χ1v) is 6.39. The highest BCUT2D eigenvalue weighted by Gasteiger charge is 2.34. The summed E-state index contributed by atoms with van der Waals surface area (Å²) in [7, 11) is 2.64. The Bertz CT molecular complexity index is 533. The van der Waals surface area contributed by atoms with Gasteiger partial charge in [-0.05, 0) is 17.7 Å². The minimum Gasteiger partial charge on any atom is -0.493 e. The number of carboxylic acid groups (broad SMARTS) is 1. The van der Waals surface area contributed by atoms with E-state index in [1.54, 1.807) is 13.8 Å². The van der Waals surface area contributed by atoms with Crippen molar-refractivity contribution in [1.82, 2.24) is 0 Å². The number of methoxy groups -OCH3 is 2. The molecule has 0 bridgehead atoms. The third-order valence-corrected chi connectivity index (χ3v) is 3.33. The van der Waals surface area contributed by atoms with E-state index >= 15 is 0 Å². The molecule has 0 radical (unpaired) electrons. The topological polar surface area (TPSA) is 55.8 Å². The lowest BCUT2D eigenvalue weighted by Crippen LogP contribution is -2.23. The standard InChI is InChI=1S/C15H20F2O4/c1-14(2,8-12(18)19)9-6-10(15(3,16)17)13(21-5)11(7-9)20-4/h6-7H,8H2,1-5H3,(H,18,19). The third-order valence-electron chi connectivity index (χ3n) is 3.33.